The van der Waals surface area contributed by atoms with Crippen LogP contribution in [0, 0.1) is 20.8 Å². The second-order valence-electron chi connectivity index (χ2n) is 10.3. The van der Waals surface area contributed by atoms with Crippen molar-refractivity contribution in [2.45, 2.75) is 113 Å². The summed E-state index contributed by atoms with van der Waals surface area (Å²) in [4.78, 5) is 6.90. The zero-order chi connectivity index (χ0) is 32.1. The van der Waals surface area contributed by atoms with Gasteiger partial charge in [-0.1, -0.05) is 84.0 Å². The maximum absolute atomic E-state index is 4.64. The number of nitrogens with one attached hydrogen (secondary N) is 2. The Balaban J connectivity index is 0.00000194. The quantitative estimate of drug-likeness (QED) is 0.246. The molecule has 0 aromatic heterocycles. The number of rotatable bonds is 7. The molecule has 5 heteroatoms. The number of likely N-dealkylation sites (tertiary alicyclic amines) is 1. The fourth-order valence-corrected chi connectivity index (χ4v) is 5.61. The Hall–Kier alpha value is -2.14. The van der Waals surface area contributed by atoms with Crippen molar-refractivity contribution in [2.24, 2.45) is 4.99 Å². The molecule has 0 bridgehead atoms. The summed E-state index contributed by atoms with van der Waals surface area (Å²) >= 11 is 4.64. The van der Waals surface area contributed by atoms with Crippen molar-refractivity contribution in [2.75, 3.05) is 32.6 Å². The van der Waals surface area contributed by atoms with E-state index in [-0.39, 0.29) is 6.04 Å². The van der Waals surface area contributed by atoms with E-state index in [1.807, 2.05) is 41.5 Å². The molecule has 2 heterocycles. The van der Waals surface area contributed by atoms with Crippen LogP contribution in [0.1, 0.15) is 107 Å². The Morgan fingerprint density at radius 1 is 0.881 bits per heavy atom. The molecule has 2 N–H and O–H groups in total. The fraction of sp³-hybridized carbons (Fsp3) is 0.595. The standard InChI is InChI=1S/C30H42N4.3C2H6.CH3Cl/c1-21-6-8-25(9-7-21)26-12-16-34(17-13-26)24(4)28-19-27(22(2)18-23(28)3)20-33-30-11-15-32-14-10-29(30)31-5;4*1-2/h6-9,18-19,26,29-30,32-33H,4-5,10-17,20H2,1-3H3;3*1-2H3;1H3. The average molecular weight is 599 g/mol. The van der Waals surface area contributed by atoms with Crippen molar-refractivity contribution in [3.05, 3.63) is 76.4 Å². The number of hydrogen-bond donors (Lipinski definition) is 2. The van der Waals surface area contributed by atoms with Gasteiger partial charge in [0.1, 0.15) is 0 Å². The molecule has 2 aliphatic rings. The molecule has 2 aromatic carbocycles. The summed E-state index contributed by atoms with van der Waals surface area (Å²) in [5.41, 5.74) is 9.29. The summed E-state index contributed by atoms with van der Waals surface area (Å²) in [6.45, 7) is 32.1. The van der Waals surface area contributed by atoms with Gasteiger partial charge in [0.15, 0.2) is 0 Å². The van der Waals surface area contributed by atoms with Crippen LogP contribution in [0.3, 0.4) is 0 Å². The van der Waals surface area contributed by atoms with Gasteiger partial charge in [-0.2, -0.15) is 0 Å². The lowest BCUT2D eigenvalue weighted by atomic mass is 9.88. The van der Waals surface area contributed by atoms with Crippen molar-refractivity contribution < 1.29 is 0 Å². The number of piperidine rings is 1. The molecule has 4 nitrogen and oxygen atoms in total. The van der Waals surface area contributed by atoms with E-state index in [2.05, 4.69) is 103 Å². The molecule has 0 spiro atoms. The molecule has 0 saturated carbocycles. The molecule has 0 amide bonds. The topological polar surface area (TPSA) is 39.7 Å². The predicted octanol–water partition coefficient (Wildman–Crippen LogP) is 9.31. The first-order valence-corrected chi connectivity index (χ1v) is 17.1. The van der Waals surface area contributed by atoms with E-state index in [1.54, 1.807) is 0 Å². The van der Waals surface area contributed by atoms with E-state index in [4.69, 9.17) is 0 Å². The van der Waals surface area contributed by atoms with Gasteiger partial charge in [-0.05, 0) is 100 Å². The number of alkyl halides is 1. The summed E-state index contributed by atoms with van der Waals surface area (Å²) in [7, 11) is 0. The summed E-state index contributed by atoms with van der Waals surface area (Å²) in [6.07, 6.45) is 5.98. The largest absolute Gasteiger partial charge is 0.371 e. The van der Waals surface area contributed by atoms with E-state index >= 15 is 0 Å². The van der Waals surface area contributed by atoms with Crippen LogP contribution in [-0.4, -0.2) is 56.3 Å². The Morgan fingerprint density at radius 3 is 2.02 bits per heavy atom. The Labute approximate surface area is 265 Å². The van der Waals surface area contributed by atoms with Crippen LogP contribution in [0.15, 0.2) is 48.0 Å². The van der Waals surface area contributed by atoms with E-state index in [1.165, 1.54) is 58.3 Å². The third-order valence-electron chi connectivity index (χ3n) is 7.92. The van der Waals surface area contributed by atoms with Gasteiger partial charge in [0.25, 0.3) is 0 Å². The van der Waals surface area contributed by atoms with Crippen LogP contribution in [-0.2, 0) is 6.54 Å². The first-order valence-electron chi connectivity index (χ1n) is 16.3. The molecular weight excluding hydrogens is 536 g/mol. The van der Waals surface area contributed by atoms with E-state index in [0.717, 1.165) is 45.6 Å². The number of benzene rings is 2. The van der Waals surface area contributed by atoms with Crippen LogP contribution in [0.4, 0.5) is 0 Å². The summed E-state index contributed by atoms with van der Waals surface area (Å²) in [5.74, 6) is 0.656. The molecule has 4 rings (SSSR count). The molecule has 2 unspecified atom stereocenters. The van der Waals surface area contributed by atoms with Crippen molar-refractivity contribution in [3.8, 4) is 0 Å². The number of hydrogen-bond acceptors (Lipinski definition) is 4. The van der Waals surface area contributed by atoms with Gasteiger partial charge in [0.2, 0.25) is 0 Å². The summed E-state index contributed by atoms with van der Waals surface area (Å²) < 4.78 is 0. The average Bonchev–Trinajstić information content (AvgIpc) is 3.29. The van der Waals surface area contributed by atoms with Crippen molar-refractivity contribution >= 4 is 24.0 Å². The monoisotopic (exact) mass is 598 g/mol. The minimum absolute atomic E-state index is 0.282. The number of halogens is 1. The highest BCUT2D eigenvalue weighted by molar-refractivity contribution is 6.15. The first-order chi connectivity index (χ1) is 20.5. The molecule has 2 fully saturated rings. The minimum atomic E-state index is 0.282. The van der Waals surface area contributed by atoms with Gasteiger partial charge >= 0.3 is 0 Å². The molecule has 0 aliphatic carbocycles. The molecule has 2 aromatic rings. The molecular formula is C37H63ClN4. The second-order valence-corrected chi connectivity index (χ2v) is 10.3. The highest BCUT2D eigenvalue weighted by Gasteiger charge is 2.24. The van der Waals surface area contributed by atoms with Crippen LogP contribution in [0.25, 0.3) is 5.70 Å². The Bertz CT molecular complexity index is 994. The number of aliphatic imine (C=N–C) groups is 1. The molecule has 42 heavy (non-hydrogen) atoms. The molecule has 2 aliphatic heterocycles. The predicted molar refractivity (Wildman–Crippen MR) is 192 cm³/mol. The third-order valence-corrected chi connectivity index (χ3v) is 7.92. The lowest BCUT2D eigenvalue weighted by molar-refractivity contribution is 0.299. The molecule has 0 radical (unpaired) electrons. The summed E-state index contributed by atoms with van der Waals surface area (Å²) in [5, 5.41) is 7.29. The van der Waals surface area contributed by atoms with Gasteiger partial charge in [0.05, 0.1) is 6.04 Å². The van der Waals surface area contributed by atoms with Crippen LogP contribution < -0.4 is 10.6 Å². The smallest absolute Gasteiger partial charge is 0.0658 e. The SMILES string of the molecule is C=NC1CCNCCC1NCc1cc(C(=C)N2CCC(c3ccc(C)cc3)CC2)c(C)cc1C.CC.CC.CC.CCl. The van der Waals surface area contributed by atoms with E-state index in [0.29, 0.717) is 12.0 Å². The van der Waals surface area contributed by atoms with Crippen molar-refractivity contribution in [1.29, 1.82) is 0 Å². The maximum atomic E-state index is 4.64. The van der Waals surface area contributed by atoms with E-state index < -0.39 is 0 Å². The van der Waals surface area contributed by atoms with Crippen molar-refractivity contribution in [1.82, 2.24) is 15.5 Å². The second kappa shape index (κ2) is 23.3. The number of aryl methyl sites for hydroxylation is 3. The zero-order valence-electron chi connectivity index (χ0n) is 28.7. The molecule has 2 saturated heterocycles. The highest BCUT2D eigenvalue weighted by Crippen LogP contribution is 2.33. The zero-order valence-corrected chi connectivity index (χ0v) is 29.5. The maximum Gasteiger partial charge on any atom is 0.0658 e. The normalized spacial score (nSPS) is 18.2. The lowest BCUT2D eigenvalue weighted by Gasteiger charge is -2.35. The third kappa shape index (κ3) is 12.2. The van der Waals surface area contributed by atoms with E-state index in [9.17, 15) is 0 Å². The van der Waals surface area contributed by atoms with Crippen LogP contribution >= 0.6 is 11.6 Å². The van der Waals surface area contributed by atoms with Gasteiger partial charge < -0.3 is 15.5 Å². The Morgan fingerprint density at radius 2 is 1.45 bits per heavy atom. The molecule has 238 valence electrons. The van der Waals surface area contributed by atoms with Crippen LogP contribution in [0.5, 0.6) is 0 Å². The molecule has 2 atom stereocenters. The Kier molecular flexibility index (Phi) is 22.1. The van der Waals surface area contributed by atoms with Crippen molar-refractivity contribution in [3.63, 3.8) is 0 Å². The first kappa shape index (κ1) is 39.9. The number of nitrogens with zero attached hydrogens (tertiary/aromatic N) is 2. The van der Waals surface area contributed by atoms with Gasteiger partial charge in [-0.3, -0.25) is 4.99 Å². The van der Waals surface area contributed by atoms with Gasteiger partial charge in [-0.15, -0.1) is 11.6 Å². The summed E-state index contributed by atoms with van der Waals surface area (Å²) in [6, 6.07) is 14.5. The fourth-order valence-electron chi connectivity index (χ4n) is 5.61. The minimum Gasteiger partial charge on any atom is -0.371 e. The highest BCUT2D eigenvalue weighted by atomic mass is 35.5. The van der Waals surface area contributed by atoms with Gasteiger partial charge in [0, 0.05) is 43.3 Å². The van der Waals surface area contributed by atoms with Crippen LogP contribution in [0.2, 0.25) is 0 Å². The van der Waals surface area contributed by atoms with Gasteiger partial charge in [-0.25, -0.2) is 0 Å². The lowest BCUT2D eigenvalue weighted by Crippen LogP contribution is -2.38.